The molecule has 0 spiro atoms. The van der Waals surface area contributed by atoms with Gasteiger partial charge in [0.2, 0.25) is 15.9 Å². The second-order valence-corrected chi connectivity index (χ2v) is 9.76. The highest BCUT2D eigenvalue weighted by Gasteiger charge is 2.31. The summed E-state index contributed by atoms with van der Waals surface area (Å²) in [5.41, 5.74) is 1.30. The molecular formula is C23H32N2O5S. The number of rotatable bonds is 10. The molecule has 0 aliphatic heterocycles. The first-order valence-corrected chi connectivity index (χ1v) is 12.0. The standard InChI is InChI=1S/C23H32N2O5S/c1-16(2)14-22(18-10-12-20(29-4)13-11-18)24-23(26)17(3)25(31(6,27)28)19-8-7-9-21(15-19)30-5/h7-13,15-17,22H,14H2,1-6H3,(H,24,26)/t17-,22-/m0/s1. The zero-order valence-electron chi connectivity index (χ0n) is 19.0. The summed E-state index contributed by atoms with van der Waals surface area (Å²) in [5.74, 6) is 1.18. The Balaban J connectivity index is 2.32. The van der Waals surface area contributed by atoms with Gasteiger partial charge in [-0.15, -0.1) is 0 Å². The second kappa shape index (κ2) is 10.5. The first-order chi connectivity index (χ1) is 14.6. The average Bonchev–Trinajstić information content (AvgIpc) is 2.72. The van der Waals surface area contributed by atoms with Crippen molar-refractivity contribution in [1.29, 1.82) is 0 Å². The van der Waals surface area contributed by atoms with Crippen LogP contribution in [0.1, 0.15) is 38.8 Å². The molecule has 0 bridgehead atoms. The molecule has 31 heavy (non-hydrogen) atoms. The smallest absolute Gasteiger partial charge is 0.244 e. The van der Waals surface area contributed by atoms with Crippen LogP contribution < -0.4 is 19.1 Å². The van der Waals surface area contributed by atoms with Crippen molar-refractivity contribution in [2.45, 2.75) is 39.3 Å². The highest BCUT2D eigenvalue weighted by Crippen LogP contribution is 2.27. The lowest BCUT2D eigenvalue weighted by Crippen LogP contribution is -2.48. The fraction of sp³-hybridized carbons (Fsp3) is 0.435. The molecule has 8 heteroatoms. The number of carbonyl (C=O) groups is 1. The fourth-order valence-corrected chi connectivity index (χ4v) is 4.60. The third-order valence-corrected chi connectivity index (χ3v) is 6.18. The van der Waals surface area contributed by atoms with Crippen LogP contribution in [-0.4, -0.2) is 40.8 Å². The maximum atomic E-state index is 13.2. The van der Waals surface area contributed by atoms with E-state index in [0.29, 0.717) is 23.8 Å². The van der Waals surface area contributed by atoms with Crippen molar-refractivity contribution in [3.05, 3.63) is 54.1 Å². The number of methoxy groups -OCH3 is 2. The third kappa shape index (κ3) is 6.62. The summed E-state index contributed by atoms with van der Waals surface area (Å²) in [5, 5.41) is 3.04. The zero-order chi connectivity index (χ0) is 23.2. The molecule has 1 amide bonds. The van der Waals surface area contributed by atoms with E-state index in [1.807, 2.05) is 24.3 Å². The first kappa shape index (κ1) is 24.5. The van der Waals surface area contributed by atoms with Crippen molar-refractivity contribution >= 4 is 21.6 Å². The van der Waals surface area contributed by atoms with E-state index in [2.05, 4.69) is 19.2 Å². The van der Waals surface area contributed by atoms with Gasteiger partial charge in [0.1, 0.15) is 17.5 Å². The lowest BCUT2D eigenvalue weighted by Gasteiger charge is -2.30. The van der Waals surface area contributed by atoms with Gasteiger partial charge in [0.15, 0.2) is 0 Å². The Labute approximate surface area is 185 Å². The minimum Gasteiger partial charge on any atom is -0.497 e. The van der Waals surface area contributed by atoms with Gasteiger partial charge in [0.05, 0.1) is 32.2 Å². The van der Waals surface area contributed by atoms with Crippen LogP contribution in [0.4, 0.5) is 5.69 Å². The number of nitrogens with zero attached hydrogens (tertiary/aromatic N) is 1. The Bertz CT molecular complexity index is 974. The monoisotopic (exact) mass is 448 g/mol. The maximum Gasteiger partial charge on any atom is 0.244 e. The highest BCUT2D eigenvalue weighted by molar-refractivity contribution is 7.92. The number of hydrogen-bond donors (Lipinski definition) is 1. The van der Waals surface area contributed by atoms with Crippen molar-refractivity contribution in [3.63, 3.8) is 0 Å². The molecule has 2 atom stereocenters. The highest BCUT2D eigenvalue weighted by atomic mass is 32.2. The van der Waals surface area contributed by atoms with Crippen molar-refractivity contribution in [2.24, 2.45) is 5.92 Å². The minimum absolute atomic E-state index is 0.257. The van der Waals surface area contributed by atoms with Crippen LogP contribution in [-0.2, 0) is 14.8 Å². The van der Waals surface area contributed by atoms with E-state index < -0.39 is 16.1 Å². The molecule has 0 saturated carbocycles. The van der Waals surface area contributed by atoms with Gasteiger partial charge >= 0.3 is 0 Å². The van der Waals surface area contributed by atoms with Gasteiger partial charge in [0.25, 0.3) is 0 Å². The van der Waals surface area contributed by atoms with Crippen LogP contribution in [0.15, 0.2) is 48.5 Å². The molecule has 0 aliphatic carbocycles. The minimum atomic E-state index is -3.72. The van der Waals surface area contributed by atoms with Gasteiger partial charge < -0.3 is 14.8 Å². The Kier molecular flexibility index (Phi) is 8.33. The van der Waals surface area contributed by atoms with E-state index in [1.54, 1.807) is 38.3 Å². The van der Waals surface area contributed by atoms with Crippen molar-refractivity contribution in [2.75, 3.05) is 24.8 Å². The van der Waals surface area contributed by atoms with Gasteiger partial charge in [-0.1, -0.05) is 32.0 Å². The molecule has 7 nitrogen and oxygen atoms in total. The largest absolute Gasteiger partial charge is 0.497 e. The maximum absolute atomic E-state index is 13.2. The molecule has 2 aromatic carbocycles. The van der Waals surface area contributed by atoms with Crippen LogP contribution >= 0.6 is 0 Å². The summed E-state index contributed by atoms with van der Waals surface area (Å²) in [6.07, 6.45) is 1.80. The van der Waals surface area contributed by atoms with Gasteiger partial charge in [-0.3, -0.25) is 9.10 Å². The molecule has 0 unspecified atom stereocenters. The topological polar surface area (TPSA) is 84.9 Å². The summed E-state index contributed by atoms with van der Waals surface area (Å²) < 4.78 is 36.7. The third-order valence-electron chi connectivity index (χ3n) is 4.94. The van der Waals surface area contributed by atoms with Crippen molar-refractivity contribution in [3.8, 4) is 11.5 Å². The normalized spacial score (nSPS) is 13.4. The average molecular weight is 449 g/mol. The lowest BCUT2D eigenvalue weighted by atomic mass is 9.96. The van der Waals surface area contributed by atoms with E-state index in [4.69, 9.17) is 9.47 Å². The summed E-state index contributed by atoms with van der Waals surface area (Å²) in [6, 6.07) is 13.0. The molecule has 2 aromatic rings. The van der Waals surface area contributed by atoms with Gasteiger partial charge in [-0.05, 0) is 49.1 Å². The first-order valence-electron chi connectivity index (χ1n) is 10.1. The van der Waals surface area contributed by atoms with E-state index in [9.17, 15) is 13.2 Å². The molecule has 0 fully saturated rings. The fourth-order valence-electron chi connectivity index (χ4n) is 3.43. The number of hydrogen-bond acceptors (Lipinski definition) is 5. The molecule has 0 aliphatic rings. The van der Waals surface area contributed by atoms with E-state index in [-0.39, 0.29) is 11.9 Å². The van der Waals surface area contributed by atoms with Crippen molar-refractivity contribution in [1.82, 2.24) is 5.32 Å². The molecular weight excluding hydrogens is 416 g/mol. The Hall–Kier alpha value is -2.74. The molecule has 0 saturated heterocycles. The molecule has 1 N–H and O–H groups in total. The number of carbonyl (C=O) groups excluding carboxylic acids is 1. The number of sulfonamides is 1. The predicted octanol–water partition coefficient (Wildman–Crippen LogP) is 3.76. The Morgan fingerprint density at radius 3 is 2.13 bits per heavy atom. The molecule has 2 rings (SSSR count). The van der Waals surface area contributed by atoms with E-state index in [0.717, 1.165) is 21.9 Å². The van der Waals surface area contributed by atoms with Crippen molar-refractivity contribution < 1.29 is 22.7 Å². The molecule has 170 valence electrons. The SMILES string of the molecule is COc1ccc([C@H](CC(C)C)NC(=O)[C@H](C)N(c2cccc(OC)c2)S(C)(=O)=O)cc1. The van der Waals surface area contributed by atoms with Gasteiger partial charge in [0, 0.05) is 6.07 Å². The number of ether oxygens (including phenoxy) is 2. The predicted molar refractivity (Wildman–Crippen MR) is 123 cm³/mol. The molecule has 0 radical (unpaired) electrons. The summed E-state index contributed by atoms with van der Waals surface area (Å²) in [6.45, 7) is 5.73. The Morgan fingerprint density at radius 2 is 1.61 bits per heavy atom. The van der Waals surface area contributed by atoms with Gasteiger partial charge in [-0.25, -0.2) is 8.42 Å². The lowest BCUT2D eigenvalue weighted by molar-refractivity contribution is -0.122. The van der Waals surface area contributed by atoms with Crippen LogP contribution in [0.25, 0.3) is 0 Å². The Morgan fingerprint density at radius 1 is 1.00 bits per heavy atom. The van der Waals surface area contributed by atoms with Crippen LogP contribution in [0.3, 0.4) is 0 Å². The summed E-state index contributed by atoms with van der Waals surface area (Å²) >= 11 is 0. The van der Waals surface area contributed by atoms with Crippen LogP contribution in [0, 0.1) is 5.92 Å². The number of nitrogens with one attached hydrogen (secondary N) is 1. The van der Waals surface area contributed by atoms with Crippen LogP contribution in [0.5, 0.6) is 11.5 Å². The quantitative estimate of drug-likeness (QED) is 0.598. The zero-order valence-corrected chi connectivity index (χ0v) is 19.8. The summed E-state index contributed by atoms with van der Waals surface area (Å²) in [4.78, 5) is 13.2. The number of anilines is 1. The van der Waals surface area contributed by atoms with E-state index >= 15 is 0 Å². The van der Waals surface area contributed by atoms with E-state index in [1.165, 1.54) is 7.11 Å². The second-order valence-electron chi connectivity index (χ2n) is 7.90. The number of benzene rings is 2. The van der Waals surface area contributed by atoms with Crippen LogP contribution in [0.2, 0.25) is 0 Å². The molecule has 0 aromatic heterocycles. The van der Waals surface area contributed by atoms with Gasteiger partial charge in [-0.2, -0.15) is 0 Å². The molecule has 0 heterocycles. The summed E-state index contributed by atoms with van der Waals surface area (Å²) in [7, 11) is -0.614. The number of amides is 1.